The predicted molar refractivity (Wildman–Crippen MR) is 90.8 cm³/mol. The largest absolute Gasteiger partial charge is 0.374 e. The third kappa shape index (κ3) is 4.66. The van der Waals surface area contributed by atoms with E-state index in [0.29, 0.717) is 18.4 Å². The quantitative estimate of drug-likeness (QED) is 0.646. The first-order chi connectivity index (χ1) is 10.1. The van der Waals surface area contributed by atoms with Crippen LogP contribution in [0.1, 0.15) is 37.8 Å². The van der Waals surface area contributed by atoms with Crippen molar-refractivity contribution in [3.8, 4) is 0 Å². The Morgan fingerprint density at radius 2 is 2.24 bits per heavy atom. The highest BCUT2D eigenvalue weighted by molar-refractivity contribution is 5.77. The molecule has 0 amide bonds. The minimum absolute atomic E-state index is 0.547. The van der Waals surface area contributed by atoms with Crippen LogP contribution in [0, 0.1) is 5.92 Å². The van der Waals surface area contributed by atoms with E-state index in [1.54, 1.807) is 0 Å². The van der Waals surface area contributed by atoms with E-state index in [1.807, 2.05) is 0 Å². The fourth-order valence-electron chi connectivity index (χ4n) is 2.66. The third-order valence-electron chi connectivity index (χ3n) is 3.95. The maximum absolute atomic E-state index is 5.90. The lowest BCUT2D eigenvalue weighted by atomic mass is 10.00. The molecular weight excluding hydrogens is 260 g/mol. The molecule has 0 atom stereocenters. The molecule has 1 heterocycles. The molecule has 0 radical (unpaired) electrons. The van der Waals surface area contributed by atoms with Crippen LogP contribution in [0.3, 0.4) is 0 Å². The van der Waals surface area contributed by atoms with Gasteiger partial charge >= 0.3 is 0 Å². The van der Waals surface area contributed by atoms with Crippen molar-refractivity contribution < 1.29 is 0 Å². The SMILES string of the molecule is CC(C)CCNC(N)=NCc1ccc2c(c1)CCCN2C. The van der Waals surface area contributed by atoms with Crippen molar-refractivity contribution in [3.05, 3.63) is 29.3 Å². The fourth-order valence-corrected chi connectivity index (χ4v) is 2.66. The van der Waals surface area contributed by atoms with Gasteiger partial charge < -0.3 is 16.0 Å². The first kappa shape index (κ1) is 15.7. The van der Waals surface area contributed by atoms with E-state index < -0.39 is 0 Å². The lowest BCUT2D eigenvalue weighted by molar-refractivity contribution is 0.576. The van der Waals surface area contributed by atoms with Gasteiger partial charge in [-0.05, 0) is 42.4 Å². The van der Waals surface area contributed by atoms with Crippen molar-refractivity contribution in [1.29, 1.82) is 0 Å². The zero-order chi connectivity index (χ0) is 15.2. The summed E-state index contributed by atoms with van der Waals surface area (Å²) in [5.74, 6) is 1.23. The normalized spacial score (nSPS) is 15.2. The topological polar surface area (TPSA) is 53.6 Å². The summed E-state index contributed by atoms with van der Waals surface area (Å²) in [6.07, 6.45) is 3.51. The molecule has 0 aliphatic carbocycles. The summed E-state index contributed by atoms with van der Waals surface area (Å²) >= 11 is 0. The molecule has 0 unspecified atom stereocenters. The summed E-state index contributed by atoms with van der Waals surface area (Å²) in [5.41, 5.74) is 9.92. The molecule has 1 aromatic rings. The molecule has 4 heteroatoms. The van der Waals surface area contributed by atoms with Crippen LogP contribution in [-0.2, 0) is 13.0 Å². The van der Waals surface area contributed by atoms with Crippen molar-refractivity contribution in [1.82, 2.24) is 5.32 Å². The highest BCUT2D eigenvalue weighted by atomic mass is 15.1. The minimum Gasteiger partial charge on any atom is -0.374 e. The molecule has 4 nitrogen and oxygen atoms in total. The molecule has 1 aromatic carbocycles. The third-order valence-corrected chi connectivity index (χ3v) is 3.95. The van der Waals surface area contributed by atoms with Gasteiger partial charge in [0.25, 0.3) is 0 Å². The highest BCUT2D eigenvalue weighted by Gasteiger charge is 2.13. The highest BCUT2D eigenvalue weighted by Crippen LogP contribution is 2.26. The molecule has 0 spiro atoms. The number of nitrogens with one attached hydrogen (secondary N) is 1. The second-order valence-corrected chi connectivity index (χ2v) is 6.30. The van der Waals surface area contributed by atoms with E-state index in [0.717, 1.165) is 19.5 Å². The van der Waals surface area contributed by atoms with Gasteiger partial charge in [0.1, 0.15) is 0 Å². The smallest absolute Gasteiger partial charge is 0.188 e. The number of aryl methyl sites for hydroxylation is 1. The summed E-state index contributed by atoms with van der Waals surface area (Å²) in [5, 5.41) is 3.17. The predicted octanol–water partition coefficient (Wildman–Crippen LogP) is 2.52. The van der Waals surface area contributed by atoms with Crippen molar-refractivity contribution in [2.24, 2.45) is 16.6 Å². The molecule has 0 saturated carbocycles. The van der Waals surface area contributed by atoms with Gasteiger partial charge in [-0.3, -0.25) is 0 Å². The van der Waals surface area contributed by atoms with Crippen molar-refractivity contribution in [3.63, 3.8) is 0 Å². The number of benzene rings is 1. The number of anilines is 1. The second kappa shape index (κ2) is 7.34. The molecule has 1 aliphatic rings. The lowest BCUT2D eigenvalue weighted by Crippen LogP contribution is -2.32. The van der Waals surface area contributed by atoms with Gasteiger partial charge in [-0.1, -0.05) is 26.0 Å². The molecule has 0 fully saturated rings. The van der Waals surface area contributed by atoms with Gasteiger partial charge in [0.15, 0.2) is 5.96 Å². The zero-order valence-electron chi connectivity index (χ0n) is 13.5. The summed E-state index contributed by atoms with van der Waals surface area (Å²) in [6, 6.07) is 6.64. The van der Waals surface area contributed by atoms with Gasteiger partial charge in [-0.25, -0.2) is 4.99 Å². The molecular formula is C17H28N4. The van der Waals surface area contributed by atoms with E-state index in [2.05, 4.69) is 54.3 Å². The van der Waals surface area contributed by atoms with E-state index in [-0.39, 0.29) is 0 Å². The number of fused-ring (bicyclic) bond motifs is 1. The van der Waals surface area contributed by atoms with Crippen LogP contribution in [0.2, 0.25) is 0 Å². The van der Waals surface area contributed by atoms with Gasteiger partial charge in [0.05, 0.1) is 6.54 Å². The Bertz CT molecular complexity index is 494. The number of nitrogens with two attached hydrogens (primary N) is 1. The molecule has 1 aliphatic heterocycles. The first-order valence-corrected chi connectivity index (χ1v) is 7.93. The molecule has 116 valence electrons. The van der Waals surface area contributed by atoms with Gasteiger partial charge in [0.2, 0.25) is 0 Å². The Kier molecular flexibility index (Phi) is 5.48. The second-order valence-electron chi connectivity index (χ2n) is 6.30. The van der Waals surface area contributed by atoms with Crippen LogP contribution >= 0.6 is 0 Å². The minimum atomic E-state index is 0.547. The average molecular weight is 288 g/mol. The molecule has 0 aromatic heterocycles. The van der Waals surface area contributed by atoms with Crippen LogP contribution in [-0.4, -0.2) is 26.1 Å². The Morgan fingerprint density at radius 3 is 3.00 bits per heavy atom. The van der Waals surface area contributed by atoms with Crippen LogP contribution in [0.4, 0.5) is 5.69 Å². The fraction of sp³-hybridized carbons (Fsp3) is 0.588. The number of nitrogens with zero attached hydrogens (tertiary/aromatic N) is 2. The van der Waals surface area contributed by atoms with Crippen molar-refractivity contribution >= 4 is 11.6 Å². The number of aliphatic imine (C=N–C) groups is 1. The summed E-state index contributed by atoms with van der Waals surface area (Å²) in [6.45, 7) is 7.11. The van der Waals surface area contributed by atoms with Crippen molar-refractivity contribution in [2.45, 2.75) is 39.7 Å². The first-order valence-electron chi connectivity index (χ1n) is 7.93. The Morgan fingerprint density at radius 1 is 1.43 bits per heavy atom. The number of guanidine groups is 1. The molecule has 3 N–H and O–H groups in total. The summed E-state index contributed by atoms with van der Waals surface area (Å²) < 4.78 is 0. The van der Waals surface area contributed by atoms with Crippen molar-refractivity contribution in [2.75, 3.05) is 25.0 Å². The van der Waals surface area contributed by atoms with Gasteiger partial charge in [0, 0.05) is 25.8 Å². The van der Waals surface area contributed by atoms with Gasteiger partial charge in [-0.2, -0.15) is 0 Å². The summed E-state index contributed by atoms with van der Waals surface area (Å²) in [4.78, 5) is 6.76. The average Bonchev–Trinajstić information content (AvgIpc) is 2.45. The number of hydrogen-bond acceptors (Lipinski definition) is 2. The monoisotopic (exact) mass is 288 g/mol. The van der Waals surface area contributed by atoms with Crippen LogP contribution in [0.15, 0.2) is 23.2 Å². The maximum atomic E-state index is 5.90. The van der Waals surface area contributed by atoms with E-state index in [9.17, 15) is 0 Å². The maximum Gasteiger partial charge on any atom is 0.188 e. The zero-order valence-corrected chi connectivity index (χ0v) is 13.5. The molecule has 0 saturated heterocycles. The Balaban J connectivity index is 1.91. The van der Waals surface area contributed by atoms with E-state index in [4.69, 9.17) is 5.73 Å². The Hall–Kier alpha value is -1.71. The number of hydrogen-bond donors (Lipinski definition) is 2. The molecule has 2 rings (SSSR count). The van der Waals surface area contributed by atoms with Crippen LogP contribution in [0.5, 0.6) is 0 Å². The van der Waals surface area contributed by atoms with E-state index >= 15 is 0 Å². The summed E-state index contributed by atoms with van der Waals surface area (Å²) in [7, 11) is 2.16. The molecule has 21 heavy (non-hydrogen) atoms. The lowest BCUT2D eigenvalue weighted by Gasteiger charge is -2.27. The van der Waals surface area contributed by atoms with Crippen LogP contribution in [0.25, 0.3) is 0 Å². The van der Waals surface area contributed by atoms with Gasteiger partial charge in [-0.15, -0.1) is 0 Å². The van der Waals surface area contributed by atoms with Crippen LogP contribution < -0.4 is 16.0 Å². The number of rotatable bonds is 5. The molecule has 0 bridgehead atoms. The van der Waals surface area contributed by atoms with E-state index in [1.165, 1.54) is 29.7 Å². The Labute approximate surface area is 128 Å². The standard InChI is InChI=1S/C17H28N4/c1-13(2)8-9-19-17(18)20-12-14-6-7-16-15(11-14)5-4-10-21(16)3/h6-7,11,13H,4-5,8-10,12H2,1-3H3,(H3,18,19,20).